The Morgan fingerprint density at radius 3 is 2.29 bits per heavy atom. The Morgan fingerprint density at radius 1 is 1.10 bits per heavy atom. The Morgan fingerprint density at radius 2 is 1.74 bits per heavy atom. The van der Waals surface area contributed by atoms with Crippen molar-refractivity contribution in [2.75, 3.05) is 28.6 Å². The van der Waals surface area contributed by atoms with E-state index in [4.69, 9.17) is 0 Å². The minimum atomic E-state index is -0.772. The monoisotopic (exact) mass is 425 g/mol. The zero-order valence-electron chi connectivity index (χ0n) is 18.5. The van der Waals surface area contributed by atoms with E-state index >= 15 is 0 Å². The van der Waals surface area contributed by atoms with Crippen molar-refractivity contribution >= 4 is 29.1 Å². The van der Waals surface area contributed by atoms with Crippen LogP contribution in [0, 0.1) is 17.8 Å². The lowest BCUT2D eigenvalue weighted by Gasteiger charge is -2.30. The van der Waals surface area contributed by atoms with Crippen molar-refractivity contribution in [1.29, 1.82) is 0 Å². The average Bonchev–Trinajstić information content (AvgIpc) is 3.48. The van der Waals surface area contributed by atoms with Gasteiger partial charge in [-0.15, -0.1) is 0 Å². The van der Waals surface area contributed by atoms with Gasteiger partial charge in [-0.2, -0.15) is 0 Å². The van der Waals surface area contributed by atoms with Crippen molar-refractivity contribution in [3.63, 3.8) is 0 Å². The molecule has 3 rings (SSSR count). The number of anilines is 3. The van der Waals surface area contributed by atoms with E-state index in [2.05, 4.69) is 53.2 Å². The zero-order valence-corrected chi connectivity index (χ0v) is 18.5. The Kier molecular flexibility index (Phi) is 7.09. The number of nitrogens with one attached hydrogen (secondary N) is 2. The molecule has 1 saturated carbocycles. The van der Waals surface area contributed by atoms with Gasteiger partial charge in [0.2, 0.25) is 0 Å². The van der Waals surface area contributed by atoms with Crippen LogP contribution in [0.15, 0.2) is 36.9 Å². The molecule has 1 aliphatic carbocycles. The van der Waals surface area contributed by atoms with E-state index in [0.29, 0.717) is 29.6 Å². The van der Waals surface area contributed by atoms with Gasteiger partial charge in [-0.05, 0) is 41.9 Å². The number of hydrogen-bond donors (Lipinski definition) is 3. The van der Waals surface area contributed by atoms with Crippen molar-refractivity contribution in [2.45, 2.75) is 40.0 Å². The normalized spacial score (nSPS) is 17.5. The number of rotatable bonds is 9. The number of urea groups is 1. The van der Waals surface area contributed by atoms with Gasteiger partial charge >= 0.3 is 12.0 Å². The highest BCUT2D eigenvalue weighted by Crippen LogP contribution is 2.49. The van der Waals surface area contributed by atoms with Crippen LogP contribution in [-0.2, 0) is 4.79 Å². The predicted molar refractivity (Wildman–Crippen MR) is 121 cm³/mol. The smallest absolute Gasteiger partial charge is 0.323 e. The Balaban J connectivity index is 1.89. The third kappa shape index (κ3) is 6.16. The summed E-state index contributed by atoms with van der Waals surface area (Å²) < 4.78 is 0. The van der Waals surface area contributed by atoms with Crippen LogP contribution in [0.4, 0.5) is 21.9 Å². The van der Waals surface area contributed by atoms with Crippen molar-refractivity contribution in [1.82, 2.24) is 9.97 Å². The lowest BCUT2D eigenvalue weighted by Crippen LogP contribution is -2.32. The zero-order chi connectivity index (χ0) is 22.5. The maximum atomic E-state index is 12.7. The van der Waals surface area contributed by atoms with Crippen molar-refractivity contribution in [3.05, 3.63) is 42.5 Å². The summed E-state index contributed by atoms with van der Waals surface area (Å²) in [5.74, 6) is -0.243. The van der Waals surface area contributed by atoms with E-state index < -0.39 is 12.0 Å². The molecule has 2 unspecified atom stereocenters. The molecule has 0 saturated heterocycles. The second kappa shape index (κ2) is 9.76. The molecule has 1 aromatic carbocycles. The number of hydrogen-bond acceptors (Lipinski definition) is 5. The minimum Gasteiger partial charge on any atom is -0.481 e. The van der Waals surface area contributed by atoms with Crippen LogP contribution >= 0.6 is 0 Å². The van der Waals surface area contributed by atoms with Gasteiger partial charge in [0.05, 0.1) is 35.4 Å². The van der Waals surface area contributed by atoms with Crippen LogP contribution in [0.1, 0.15) is 45.6 Å². The van der Waals surface area contributed by atoms with Crippen LogP contribution < -0.4 is 15.5 Å². The molecule has 8 heteroatoms. The van der Waals surface area contributed by atoms with E-state index in [9.17, 15) is 14.7 Å². The molecule has 1 aromatic heterocycles. The van der Waals surface area contributed by atoms with E-state index in [0.717, 1.165) is 24.3 Å². The molecule has 0 bridgehead atoms. The second-order valence-corrected chi connectivity index (χ2v) is 8.96. The molecular formula is C23H31N5O3. The van der Waals surface area contributed by atoms with Crippen LogP contribution in [-0.4, -0.2) is 40.2 Å². The van der Waals surface area contributed by atoms with Gasteiger partial charge in [0.25, 0.3) is 0 Å². The Bertz CT molecular complexity index is 907. The highest BCUT2D eigenvalue weighted by atomic mass is 16.4. The number of aliphatic carboxylic acids is 1. The van der Waals surface area contributed by atoms with E-state index in [1.807, 2.05) is 18.2 Å². The predicted octanol–water partition coefficient (Wildman–Crippen LogP) is 4.43. The van der Waals surface area contributed by atoms with Gasteiger partial charge in [-0.3, -0.25) is 4.79 Å². The molecule has 8 nitrogen and oxygen atoms in total. The number of aromatic nitrogens is 2. The molecule has 3 N–H and O–H groups in total. The number of carboxylic acids is 1. The first-order valence-electron chi connectivity index (χ1n) is 10.7. The lowest BCUT2D eigenvalue weighted by atomic mass is 10.0. The molecule has 1 fully saturated rings. The summed E-state index contributed by atoms with van der Waals surface area (Å²) in [5.41, 5.74) is 3.03. The molecule has 0 radical (unpaired) electrons. The molecule has 1 aliphatic rings. The lowest BCUT2D eigenvalue weighted by molar-refractivity contribution is -0.138. The van der Waals surface area contributed by atoms with Gasteiger partial charge in [-0.1, -0.05) is 33.8 Å². The molecule has 0 aliphatic heterocycles. The summed E-state index contributed by atoms with van der Waals surface area (Å²) in [4.78, 5) is 34.1. The number of carboxylic acid groups (broad SMARTS) is 1. The largest absolute Gasteiger partial charge is 0.481 e. The minimum absolute atomic E-state index is 0.0127. The molecule has 1 heterocycles. The Hall–Kier alpha value is -3.16. The molecule has 2 amide bonds. The van der Waals surface area contributed by atoms with Crippen LogP contribution in [0.5, 0.6) is 0 Å². The fraction of sp³-hybridized carbons (Fsp3) is 0.478. The van der Waals surface area contributed by atoms with Gasteiger partial charge in [0.15, 0.2) is 0 Å². The number of carbonyl (C=O) groups excluding carboxylic acids is 1. The number of amides is 2. The summed E-state index contributed by atoms with van der Waals surface area (Å²) in [6.45, 7) is 10.4. The molecule has 166 valence electrons. The van der Waals surface area contributed by atoms with Crippen LogP contribution in [0.3, 0.4) is 0 Å². The average molecular weight is 426 g/mol. The summed E-state index contributed by atoms with van der Waals surface area (Å²) >= 11 is 0. The third-order valence-corrected chi connectivity index (χ3v) is 5.13. The maximum absolute atomic E-state index is 12.7. The van der Waals surface area contributed by atoms with Crippen molar-refractivity contribution < 1.29 is 14.7 Å². The molecule has 0 spiro atoms. The fourth-order valence-corrected chi connectivity index (χ4v) is 3.80. The summed E-state index contributed by atoms with van der Waals surface area (Å²) in [7, 11) is 0. The van der Waals surface area contributed by atoms with Gasteiger partial charge in [0.1, 0.15) is 6.33 Å². The van der Waals surface area contributed by atoms with E-state index in [1.54, 1.807) is 0 Å². The van der Waals surface area contributed by atoms with Gasteiger partial charge in [0, 0.05) is 13.1 Å². The third-order valence-electron chi connectivity index (χ3n) is 5.13. The maximum Gasteiger partial charge on any atom is 0.323 e. The fourth-order valence-electron chi connectivity index (χ4n) is 3.80. The first-order valence-corrected chi connectivity index (χ1v) is 10.7. The first kappa shape index (κ1) is 22.5. The molecule has 2 aromatic rings. The van der Waals surface area contributed by atoms with Crippen molar-refractivity contribution in [2.24, 2.45) is 17.8 Å². The highest BCUT2D eigenvalue weighted by Gasteiger charge is 2.44. The summed E-state index contributed by atoms with van der Waals surface area (Å²) in [6, 6.07) is 5.51. The summed E-state index contributed by atoms with van der Waals surface area (Å²) in [5, 5.41) is 15.0. The Labute approximate surface area is 183 Å². The van der Waals surface area contributed by atoms with Crippen molar-refractivity contribution in [3.8, 4) is 0 Å². The SMILES string of the molecule is CC(C)CN(CC(C)C)c1ccc(C2CC2C(=O)O)cc1NC(=O)Nc1cncnc1. The molecular weight excluding hydrogens is 394 g/mol. The number of benzene rings is 1. The van der Waals surface area contributed by atoms with Crippen LogP contribution in [0.25, 0.3) is 0 Å². The summed E-state index contributed by atoms with van der Waals surface area (Å²) in [6.07, 6.45) is 5.07. The van der Waals surface area contributed by atoms with Crippen LogP contribution in [0.2, 0.25) is 0 Å². The standard InChI is InChI=1S/C23H31N5O3/c1-14(2)11-28(12-15(3)4)21-6-5-16(18-8-19(18)22(29)30)7-20(21)27-23(31)26-17-9-24-13-25-10-17/h5-7,9-10,13-15,18-19H,8,11-12H2,1-4H3,(H,29,30)(H2,26,27,31). The quantitative estimate of drug-likeness (QED) is 0.549. The highest BCUT2D eigenvalue weighted by molar-refractivity contribution is 6.01. The topological polar surface area (TPSA) is 107 Å². The number of carbonyl (C=O) groups is 2. The number of nitrogens with zero attached hydrogens (tertiary/aromatic N) is 3. The molecule has 2 atom stereocenters. The van der Waals surface area contributed by atoms with Gasteiger partial charge < -0.3 is 20.6 Å². The van der Waals surface area contributed by atoms with E-state index in [1.165, 1.54) is 18.7 Å². The van der Waals surface area contributed by atoms with Gasteiger partial charge in [-0.25, -0.2) is 14.8 Å². The first-order chi connectivity index (χ1) is 14.7. The molecule has 31 heavy (non-hydrogen) atoms. The van der Waals surface area contributed by atoms with E-state index in [-0.39, 0.29) is 11.8 Å². The second-order valence-electron chi connectivity index (χ2n) is 8.96.